The number of carbonyl (C=O) groups excluding carboxylic acids is 1. The summed E-state index contributed by atoms with van der Waals surface area (Å²) < 4.78 is 4.49. The predicted octanol–water partition coefficient (Wildman–Crippen LogP) is 1.48. The summed E-state index contributed by atoms with van der Waals surface area (Å²) in [7, 11) is 1.32. The molecule has 1 rings (SSSR count). The SMILES string of the molecule is COC(=O)Nc1ccc(C#CCN)c(C)c1. The van der Waals surface area contributed by atoms with E-state index in [2.05, 4.69) is 21.9 Å². The number of amides is 1. The molecule has 0 unspecified atom stereocenters. The normalized spacial score (nSPS) is 8.94. The summed E-state index contributed by atoms with van der Waals surface area (Å²) in [6.45, 7) is 2.25. The number of aryl methyl sites for hydroxylation is 1. The number of rotatable bonds is 1. The van der Waals surface area contributed by atoms with Crippen LogP contribution >= 0.6 is 0 Å². The van der Waals surface area contributed by atoms with Crippen molar-refractivity contribution in [2.24, 2.45) is 5.73 Å². The van der Waals surface area contributed by atoms with Gasteiger partial charge in [-0.25, -0.2) is 4.79 Å². The topological polar surface area (TPSA) is 64.3 Å². The van der Waals surface area contributed by atoms with Gasteiger partial charge in [0, 0.05) is 11.3 Å². The van der Waals surface area contributed by atoms with Crippen LogP contribution in [0.1, 0.15) is 11.1 Å². The maximum Gasteiger partial charge on any atom is 0.411 e. The van der Waals surface area contributed by atoms with E-state index in [0.29, 0.717) is 12.2 Å². The Balaban J connectivity index is 2.86. The lowest BCUT2D eigenvalue weighted by Gasteiger charge is -2.05. The molecule has 0 aromatic heterocycles. The Morgan fingerprint density at radius 1 is 1.56 bits per heavy atom. The van der Waals surface area contributed by atoms with Crippen LogP contribution in [0.5, 0.6) is 0 Å². The average molecular weight is 218 g/mol. The lowest BCUT2D eigenvalue weighted by atomic mass is 10.1. The van der Waals surface area contributed by atoms with Crippen molar-refractivity contribution in [2.75, 3.05) is 19.0 Å². The van der Waals surface area contributed by atoms with Crippen molar-refractivity contribution >= 4 is 11.8 Å². The number of hydrogen-bond acceptors (Lipinski definition) is 3. The van der Waals surface area contributed by atoms with Crippen LogP contribution in [0, 0.1) is 18.8 Å². The number of nitrogens with two attached hydrogens (primary N) is 1. The minimum absolute atomic E-state index is 0.335. The highest BCUT2D eigenvalue weighted by Crippen LogP contribution is 2.14. The molecule has 0 saturated heterocycles. The summed E-state index contributed by atoms with van der Waals surface area (Å²) in [5.74, 6) is 5.73. The highest BCUT2D eigenvalue weighted by atomic mass is 16.5. The van der Waals surface area contributed by atoms with E-state index in [1.165, 1.54) is 7.11 Å². The average Bonchev–Trinajstić information content (AvgIpc) is 2.28. The Hall–Kier alpha value is -1.99. The molecule has 1 aromatic rings. The van der Waals surface area contributed by atoms with Crippen LogP contribution in [-0.4, -0.2) is 19.7 Å². The molecule has 1 aromatic carbocycles. The zero-order valence-corrected chi connectivity index (χ0v) is 9.33. The molecule has 0 aliphatic heterocycles. The lowest BCUT2D eigenvalue weighted by molar-refractivity contribution is 0.187. The number of methoxy groups -OCH3 is 1. The summed E-state index contributed by atoms with van der Waals surface area (Å²) in [5.41, 5.74) is 7.86. The second-order valence-corrected chi connectivity index (χ2v) is 3.15. The second kappa shape index (κ2) is 5.79. The van der Waals surface area contributed by atoms with E-state index in [0.717, 1.165) is 11.1 Å². The van der Waals surface area contributed by atoms with Crippen molar-refractivity contribution in [3.8, 4) is 11.8 Å². The van der Waals surface area contributed by atoms with Crippen molar-refractivity contribution in [2.45, 2.75) is 6.92 Å². The van der Waals surface area contributed by atoms with Gasteiger partial charge in [0.25, 0.3) is 0 Å². The summed E-state index contributed by atoms with van der Waals surface area (Å²) in [6, 6.07) is 5.44. The van der Waals surface area contributed by atoms with Crippen LogP contribution in [0.4, 0.5) is 10.5 Å². The molecular formula is C12H14N2O2. The fraction of sp³-hybridized carbons (Fsp3) is 0.250. The summed E-state index contributed by atoms with van der Waals surface area (Å²) >= 11 is 0. The highest BCUT2D eigenvalue weighted by Gasteiger charge is 2.02. The number of ether oxygens (including phenoxy) is 1. The van der Waals surface area contributed by atoms with Crippen molar-refractivity contribution in [1.29, 1.82) is 0 Å². The standard InChI is InChI=1S/C12H14N2O2/c1-9-8-11(14-12(15)16-2)6-5-10(9)4-3-7-13/h5-6,8H,7,13H2,1-2H3,(H,14,15). The predicted molar refractivity (Wildman–Crippen MR) is 63.1 cm³/mol. The third-order valence-electron chi connectivity index (χ3n) is 1.98. The molecule has 0 aliphatic rings. The van der Waals surface area contributed by atoms with E-state index in [4.69, 9.17) is 5.73 Å². The van der Waals surface area contributed by atoms with Gasteiger partial charge in [-0.2, -0.15) is 0 Å². The zero-order valence-electron chi connectivity index (χ0n) is 9.33. The molecule has 4 heteroatoms. The molecule has 3 N–H and O–H groups in total. The first-order valence-corrected chi connectivity index (χ1v) is 4.82. The van der Waals surface area contributed by atoms with Gasteiger partial charge in [-0.15, -0.1) is 0 Å². The van der Waals surface area contributed by atoms with E-state index >= 15 is 0 Å². The Kier molecular flexibility index (Phi) is 4.37. The van der Waals surface area contributed by atoms with Gasteiger partial charge in [0.2, 0.25) is 0 Å². The number of carbonyl (C=O) groups is 1. The molecule has 0 spiro atoms. The third-order valence-corrected chi connectivity index (χ3v) is 1.98. The third kappa shape index (κ3) is 3.30. The van der Waals surface area contributed by atoms with Gasteiger partial charge in [-0.05, 0) is 30.7 Å². The number of hydrogen-bond donors (Lipinski definition) is 2. The molecule has 4 nitrogen and oxygen atoms in total. The molecule has 0 aliphatic carbocycles. The summed E-state index contributed by atoms with van der Waals surface area (Å²) in [5, 5.41) is 2.58. The van der Waals surface area contributed by atoms with Crippen LogP contribution in [-0.2, 0) is 4.74 Å². The highest BCUT2D eigenvalue weighted by molar-refractivity contribution is 5.84. The van der Waals surface area contributed by atoms with Gasteiger partial charge >= 0.3 is 6.09 Å². The second-order valence-electron chi connectivity index (χ2n) is 3.15. The maximum absolute atomic E-state index is 11.0. The molecule has 0 heterocycles. The fourth-order valence-electron chi connectivity index (χ4n) is 1.20. The van der Waals surface area contributed by atoms with Crippen molar-refractivity contribution in [3.63, 3.8) is 0 Å². The Morgan fingerprint density at radius 2 is 2.31 bits per heavy atom. The first-order valence-electron chi connectivity index (χ1n) is 4.82. The van der Waals surface area contributed by atoms with E-state index in [9.17, 15) is 4.79 Å². The molecule has 0 bridgehead atoms. The van der Waals surface area contributed by atoms with Crippen molar-refractivity contribution in [1.82, 2.24) is 0 Å². The Bertz CT molecular complexity index is 444. The zero-order chi connectivity index (χ0) is 12.0. The van der Waals surface area contributed by atoms with Crippen LogP contribution < -0.4 is 11.1 Å². The Labute approximate surface area is 94.8 Å². The van der Waals surface area contributed by atoms with Gasteiger partial charge in [0.1, 0.15) is 0 Å². The van der Waals surface area contributed by atoms with Crippen LogP contribution in [0.2, 0.25) is 0 Å². The molecule has 0 radical (unpaired) electrons. The number of anilines is 1. The monoisotopic (exact) mass is 218 g/mol. The number of nitrogens with one attached hydrogen (secondary N) is 1. The largest absolute Gasteiger partial charge is 0.453 e. The smallest absolute Gasteiger partial charge is 0.411 e. The molecule has 0 saturated carbocycles. The van der Waals surface area contributed by atoms with Crippen LogP contribution in [0.3, 0.4) is 0 Å². The van der Waals surface area contributed by atoms with Crippen LogP contribution in [0.25, 0.3) is 0 Å². The molecule has 84 valence electrons. The van der Waals surface area contributed by atoms with Gasteiger partial charge < -0.3 is 10.5 Å². The molecule has 16 heavy (non-hydrogen) atoms. The van der Waals surface area contributed by atoms with E-state index in [1.807, 2.05) is 19.1 Å². The van der Waals surface area contributed by atoms with Gasteiger partial charge in [0.15, 0.2) is 0 Å². The van der Waals surface area contributed by atoms with Crippen LogP contribution in [0.15, 0.2) is 18.2 Å². The molecule has 1 amide bonds. The minimum atomic E-state index is -0.486. The van der Waals surface area contributed by atoms with E-state index in [1.54, 1.807) is 6.07 Å². The molecular weight excluding hydrogens is 204 g/mol. The lowest BCUT2D eigenvalue weighted by Crippen LogP contribution is -2.10. The molecule has 0 atom stereocenters. The van der Waals surface area contributed by atoms with Crippen molar-refractivity contribution in [3.05, 3.63) is 29.3 Å². The first kappa shape index (κ1) is 12.1. The van der Waals surface area contributed by atoms with E-state index < -0.39 is 6.09 Å². The van der Waals surface area contributed by atoms with Gasteiger partial charge in [-0.3, -0.25) is 5.32 Å². The maximum atomic E-state index is 11.0. The van der Waals surface area contributed by atoms with Crippen molar-refractivity contribution < 1.29 is 9.53 Å². The fourth-order valence-corrected chi connectivity index (χ4v) is 1.20. The van der Waals surface area contributed by atoms with E-state index in [-0.39, 0.29) is 0 Å². The van der Waals surface area contributed by atoms with Gasteiger partial charge in [0.05, 0.1) is 13.7 Å². The summed E-state index contributed by atoms with van der Waals surface area (Å²) in [4.78, 5) is 11.0. The van der Waals surface area contributed by atoms with Gasteiger partial charge in [-0.1, -0.05) is 11.8 Å². The molecule has 0 fully saturated rings. The number of benzene rings is 1. The Morgan fingerprint density at radius 3 is 2.88 bits per heavy atom. The minimum Gasteiger partial charge on any atom is -0.453 e. The first-order chi connectivity index (χ1) is 7.67. The quantitative estimate of drug-likeness (QED) is 0.702. The summed E-state index contributed by atoms with van der Waals surface area (Å²) in [6.07, 6.45) is -0.486.